The number of pyridine rings is 2. The minimum atomic E-state index is -0.742. The highest BCUT2D eigenvalue weighted by atomic mass is 16.5. The normalized spacial score (nSPS) is 16.5. The van der Waals surface area contributed by atoms with Gasteiger partial charge in [-0.2, -0.15) is 0 Å². The molecule has 3 heterocycles. The lowest BCUT2D eigenvalue weighted by atomic mass is 10.1. The summed E-state index contributed by atoms with van der Waals surface area (Å²) in [4.78, 5) is 37.7. The zero-order chi connectivity index (χ0) is 22.5. The summed E-state index contributed by atoms with van der Waals surface area (Å²) >= 11 is 0. The molecule has 32 heavy (non-hydrogen) atoms. The van der Waals surface area contributed by atoms with Crippen LogP contribution >= 0.6 is 0 Å². The lowest BCUT2D eigenvalue weighted by Gasteiger charge is -2.40. The van der Waals surface area contributed by atoms with Gasteiger partial charge in [0.05, 0.1) is 6.20 Å². The zero-order valence-electron chi connectivity index (χ0n) is 17.8. The number of amides is 2. The van der Waals surface area contributed by atoms with Gasteiger partial charge in [-0.3, -0.25) is 19.5 Å². The van der Waals surface area contributed by atoms with Gasteiger partial charge in [0.2, 0.25) is 11.8 Å². The first-order chi connectivity index (χ1) is 15.5. The highest BCUT2D eigenvalue weighted by molar-refractivity contribution is 5.99. The van der Waals surface area contributed by atoms with Crippen LogP contribution in [0.3, 0.4) is 0 Å². The minimum Gasteiger partial charge on any atom is -0.437 e. The number of hydrogen-bond acceptors (Lipinski definition) is 6. The molecule has 8 heteroatoms. The van der Waals surface area contributed by atoms with Crippen LogP contribution in [0.1, 0.15) is 21.6 Å². The maximum absolute atomic E-state index is 13.4. The Hall–Kier alpha value is -3.78. The molecule has 0 bridgehead atoms. The number of hydrogen-bond donors (Lipinski definition) is 1. The van der Waals surface area contributed by atoms with Crippen LogP contribution in [0.4, 0.5) is 0 Å². The van der Waals surface area contributed by atoms with Crippen molar-refractivity contribution in [3.63, 3.8) is 0 Å². The number of carbonyl (C=O) groups is 2. The molecular formula is C24H25N5O3. The molecule has 3 aromatic rings. The van der Waals surface area contributed by atoms with Crippen molar-refractivity contribution in [2.75, 3.05) is 19.6 Å². The lowest BCUT2D eigenvalue weighted by Crippen LogP contribution is -2.59. The van der Waals surface area contributed by atoms with Crippen LogP contribution in [0.25, 0.3) is 0 Å². The van der Waals surface area contributed by atoms with E-state index in [4.69, 9.17) is 10.5 Å². The van der Waals surface area contributed by atoms with Crippen LogP contribution in [-0.4, -0.2) is 57.3 Å². The van der Waals surface area contributed by atoms with Gasteiger partial charge < -0.3 is 15.4 Å². The number of primary amides is 1. The Kier molecular flexibility index (Phi) is 6.42. The Balaban J connectivity index is 1.52. The first kappa shape index (κ1) is 21.5. The van der Waals surface area contributed by atoms with Crippen LogP contribution in [0.15, 0.2) is 67.0 Å². The molecule has 1 unspecified atom stereocenters. The van der Waals surface area contributed by atoms with E-state index in [2.05, 4.69) is 14.9 Å². The molecule has 2 amide bonds. The van der Waals surface area contributed by atoms with Crippen molar-refractivity contribution in [3.05, 3.63) is 83.8 Å². The highest BCUT2D eigenvalue weighted by Gasteiger charge is 2.35. The number of nitrogens with two attached hydrogens (primary N) is 1. The third-order valence-electron chi connectivity index (χ3n) is 5.40. The third-order valence-corrected chi connectivity index (χ3v) is 5.40. The number of piperazine rings is 1. The molecule has 0 radical (unpaired) electrons. The predicted octanol–water partition coefficient (Wildman–Crippen LogP) is 2.39. The first-order valence-corrected chi connectivity index (χ1v) is 10.4. The molecule has 0 aliphatic carbocycles. The van der Waals surface area contributed by atoms with Crippen LogP contribution in [0, 0.1) is 6.92 Å². The Labute approximate surface area is 186 Å². The van der Waals surface area contributed by atoms with Gasteiger partial charge in [-0.25, -0.2) is 4.98 Å². The Morgan fingerprint density at radius 3 is 2.59 bits per heavy atom. The molecule has 1 atom stereocenters. The van der Waals surface area contributed by atoms with E-state index < -0.39 is 11.9 Å². The number of benzene rings is 1. The van der Waals surface area contributed by atoms with Crippen molar-refractivity contribution in [1.82, 2.24) is 19.8 Å². The maximum atomic E-state index is 13.4. The van der Waals surface area contributed by atoms with E-state index in [0.717, 1.165) is 11.3 Å². The monoisotopic (exact) mass is 431 g/mol. The summed E-state index contributed by atoms with van der Waals surface area (Å²) in [6, 6.07) is 16.1. The molecule has 8 nitrogen and oxygen atoms in total. The minimum absolute atomic E-state index is 0.165. The number of ether oxygens (including phenoxy) is 1. The number of carbonyl (C=O) groups excluding carboxylic acids is 2. The number of aryl methyl sites for hydroxylation is 1. The number of aromatic nitrogens is 2. The summed E-state index contributed by atoms with van der Waals surface area (Å²) in [5.41, 5.74) is 7.96. The van der Waals surface area contributed by atoms with Crippen molar-refractivity contribution in [1.29, 1.82) is 0 Å². The summed E-state index contributed by atoms with van der Waals surface area (Å²) in [6.45, 7) is 3.94. The maximum Gasteiger partial charge on any atom is 0.260 e. The lowest BCUT2D eigenvalue weighted by molar-refractivity contribution is -0.124. The summed E-state index contributed by atoms with van der Waals surface area (Å²) in [5, 5.41) is 0. The SMILES string of the molecule is Cc1ccc(Oc2ncccc2C(=O)N2CCN(Cc3ccccc3)CC2C(N)=O)cn1. The van der Waals surface area contributed by atoms with Crippen LogP contribution < -0.4 is 10.5 Å². The quantitative estimate of drug-likeness (QED) is 0.643. The van der Waals surface area contributed by atoms with E-state index in [0.29, 0.717) is 31.9 Å². The number of nitrogens with zero attached hydrogens (tertiary/aromatic N) is 4. The van der Waals surface area contributed by atoms with Crippen molar-refractivity contribution in [2.45, 2.75) is 19.5 Å². The Morgan fingerprint density at radius 1 is 1.06 bits per heavy atom. The molecule has 1 aliphatic heterocycles. The molecule has 1 aromatic carbocycles. The van der Waals surface area contributed by atoms with Gasteiger partial charge in [0.1, 0.15) is 17.4 Å². The molecule has 0 saturated carbocycles. The first-order valence-electron chi connectivity index (χ1n) is 10.4. The van der Waals surface area contributed by atoms with Crippen LogP contribution in [0.5, 0.6) is 11.6 Å². The van der Waals surface area contributed by atoms with E-state index in [9.17, 15) is 9.59 Å². The van der Waals surface area contributed by atoms with E-state index >= 15 is 0 Å². The third kappa shape index (κ3) is 4.92. The van der Waals surface area contributed by atoms with E-state index in [1.807, 2.05) is 43.3 Å². The molecular weight excluding hydrogens is 406 g/mol. The molecule has 2 aromatic heterocycles. The van der Waals surface area contributed by atoms with E-state index in [1.165, 1.54) is 4.90 Å². The van der Waals surface area contributed by atoms with Gasteiger partial charge in [-0.05, 0) is 36.8 Å². The van der Waals surface area contributed by atoms with Crippen LogP contribution in [-0.2, 0) is 11.3 Å². The highest BCUT2D eigenvalue weighted by Crippen LogP contribution is 2.25. The van der Waals surface area contributed by atoms with Gasteiger partial charge in [-0.15, -0.1) is 0 Å². The van der Waals surface area contributed by atoms with Crippen molar-refractivity contribution < 1.29 is 14.3 Å². The molecule has 1 saturated heterocycles. The van der Waals surface area contributed by atoms with Gasteiger partial charge >= 0.3 is 0 Å². The molecule has 0 spiro atoms. The molecule has 1 fully saturated rings. The summed E-state index contributed by atoms with van der Waals surface area (Å²) < 4.78 is 5.82. The van der Waals surface area contributed by atoms with Crippen molar-refractivity contribution in [2.24, 2.45) is 5.73 Å². The largest absolute Gasteiger partial charge is 0.437 e. The van der Waals surface area contributed by atoms with Crippen molar-refractivity contribution in [3.8, 4) is 11.6 Å². The van der Waals surface area contributed by atoms with Gasteiger partial charge in [0.25, 0.3) is 5.91 Å². The Morgan fingerprint density at radius 2 is 1.88 bits per heavy atom. The molecule has 2 N–H and O–H groups in total. The van der Waals surface area contributed by atoms with E-state index in [-0.39, 0.29) is 17.4 Å². The smallest absolute Gasteiger partial charge is 0.260 e. The Bertz CT molecular complexity index is 1090. The molecule has 4 rings (SSSR count). The van der Waals surface area contributed by atoms with Crippen LogP contribution in [0.2, 0.25) is 0 Å². The summed E-state index contributed by atoms with van der Waals surface area (Å²) in [5.74, 6) is -0.234. The van der Waals surface area contributed by atoms with Gasteiger partial charge in [-0.1, -0.05) is 30.3 Å². The standard InChI is InChI=1S/C24H25N5O3/c1-17-9-10-19(14-27-17)32-23-20(8-5-11-26-23)24(31)29-13-12-28(16-21(29)22(25)30)15-18-6-3-2-4-7-18/h2-11,14,21H,12-13,15-16H2,1H3,(H2,25,30). The van der Waals surface area contributed by atoms with Gasteiger partial charge in [0.15, 0.2) is 0 Å². The summed E-state index contributed by atoms with van der Waals surface area (Å²) in [6.07, 6.45) is 3.13. The fraction of sp³-hybridized carbons (Fsp3) is 0.250. The second-order valence-corrected chi connectivity index (χ2v) is 7.73. The second-order valence-electron chi connectivity index (χ2n) is 7.73. The van der Waals surface area contributed by atoms with Crippen molar-refractivity contribution >= 4 is 11.8 Å². The number of rotatable bonds is 6. The zero-order valence-corrected chi connectivity index (χ0v) is 17.8. The average molecular weight is 431 g/mol. The van der Waals surface area contributed by atoms with E-state index in [1.54, 1.807) is 30.6 Å². The fourth-order valence-corrected chi connectivity index (χ4v) is 3.73. The topological polar surface area (TPSA) is 102 Å². The predicted molar refractivity (Wildman–Crippen MR) is 119 cm³/mol. The molecule has 1 aliphatic rings. The molecule has 164 valence electrons. The average Bonchev–Trinajstić information content (AvgIpc) is 2.81. The fourth-order valence-electron chi connectivity index (χ4n) is 3.73. The summed E-state index contributed by atoms with van der Waals surface area (Å²) in [7, 11) is 0. The second kappa shape index (κ2) is 9.57. The van der Waals surface area contributed by atoms with Gasteiger partial charge in [0, 0.05) is 38.1 Å².